The van der Waals surface area contributed by atoms with Crippen LogP contribution in [0, 0.1) is 0 Å². The minimum atomic E-state index is -0.837. The van der Waals surface area contributed by atoms with E-state index in [0.717, 1.165) is 0 Å². The van der Waals surface area contributed by atoms with Gasteiger partial charge in [0.15, 0.2) is 0 Å². The smallest absolute Gasteiger partial charge is 0.0909 e. The molecule has 0 aromatic heterocycles. The summed E-state index contributed by atoms with van der Waals surface area (Å²) in [5, 5.41) is 13.8. The summed E-state index contributed by atoms with van der Waals surface area (Å²) in [5.41, 5.74) is 33.4. The van der Waals surface area contributed by atoms with Crippen molar-refractivity contribution in [1.82, 2.24) is 0 Å². The molecule has 2 unspecified atom stereocenters. The molecule has 0 aromatic rings. The lowest BCUT2D eigenvalue weighted by Gasteiger charge is -2.13. The van der Waals surface area contributed by atoms with Gasteiger partial charge >= 0.3 is 0 Å². The fraction of sp³-hybridized carbons (Fsp3) is 1.00. The van der Waals surface area contributed by atoms with E-state index >= 15 is 0 Å². The lowest BCUT2D eigenvalue weighted by Crippen LogP contribution is -2.10. The Bertz CT molecular complexity index is 456. The minimum absolute atomic E-state index is 0.193. The van der Waals surface area contributed by atoms with Crippen molar-refractivity contribution in [3.63, 3.8) is 0 Å². The quantitative estimate of drug-likeness (QED) is 0.298. The van der Waals surface area contributed by atoms with Gasteiger partial charge in [-0.2, -0.15) is 0 Å². The van der Waals surface area contributed by atoms with Gasteiger partial charge in [-0.15, -0.1) is 0 Å². The van der Waals surface area contributed by atoms with Crippen LogP contribution in [-0.2, 0) is 0 Å². The summed E-state index contributed by atoms with van der Waals surface area (Å²) in [6.07, 6.45) is 0.963. The van der Waals surface area contributed by atoms with E-state index in [1.165, 1.54) is 0 Å². The zero-order valence-corrected chi connectivity index (χ0v) is 10.9. The van der Waals surface area contributed by atoms with Crippen LogP contribution < -0.4 is 0 Å². The van der Waals surface area contributed by atoms with Crippen LogP contribution in [0.1, 0.15) is 32.6 Å². The Morgan fingerprint density at radius 2 is 1.20 bits per heavy atom. The van der Waals surface area contributed by atoms with E-state index in [0.29, 0.717) is 19.3 Å². The van der Waals surface area contributed by atoms with Crippen molar-refractivity contribution in [2.75, 3.05) is 0 Å². The van der Waals surface area contributed by atoms with Crippen molar-refractivity contribution in [3.8, 4) is 0 Å². The molecule has 0 aliphatic carbocycles. The van der Waals surface area contributed by atoms with E-state index in [9.17, 15) is 0 Å². The van der Waals surface area contributed by atoms with E-state index in [1.807, 2.05) is 0 Å². The molecule has 0 spiro atoms. The van der Waals surface area contributed by atoms with Gasteiger partial charge in [0.2, 0.25) is 0 Å². The number of hydrogen-bond donors (Lipinski definition) is 0. The number of rotatable bonds is 10. The largest absolute Gasteiger partial charge is 0.116 e. The molecule has 0 rings (SSSR count). The Hall–Kier alpha value is -2.76. The van der Waals surface area contributed by atoms with Crippen molar-refractivity contribution in [3.05, 3.63) is 41.8 Å². The van der Waals surface area contributed by atoms with Crippen LogP contribution in [0.4, 0.5) is 0 Å². The van der Waals surface area contributed by atoms with Gasteiger partial charge in [-0.1, -0.05) is 27.4 Å². The molecule has 0 aromatic carbocycles. The van der Waals surface area contributed by atoms with Crippen molar-refractivity contribution < 1.29 is 0 Å². The summed E-state index contributed by atoms with van der Waals surface area (Å²) in [7, 11) is 0. The van der Waals surface area contributed by atoms with Gasteiger partial charge in [0.1, 0.15) is 6.17 Å². The SMILES string of the molecule is CC(CCC(CCC(N=[N+]=[N-])N=[N+]=[N-])N=[N+]=[N-])N=[N+]=[N-]. The second kappa shape index (κ2) is 11.3. The van der Waals surface area contributed by atoms with E-state index in [4.69, 9.17) is 22.1 Å². The number of azide groups is 3. The van der Waals surface area contributed by atoms with Crippen molar-refractivity contribution in [2.45, 2.75) is 50.9 Å². The average molecular weight is 278 g/mol. The van der Waals surface area contributed by atoms with Gasteiger partial charge in [0, 0.05) is 31.7 Å². The highest BCUT2D eigenvalue weighted by Crippen LogP contribution is 2.16. The Labute approximate surface area is 114 Å². The number of nitrogens with zero attached hydrogens (tertiary/aromatic N) is 12. The molecule has 0 saturated carbocycles. The molecule has 12 nitrogen and oxygen atoms in total. The molecule has 12 heteroatoms. The van der Waals surface area contributed by atoms with Gasteiger partial charge in [0.25, 0.3) is 0 Å². The molecule has 106 valence electrons. The van der Waals surface area contributed by atoms with Crippen molar-refractivity contribution >= 4 is 0 Å². The molecule has 0 fully saturated rings. The van der Waals surface area contributed by atoms with Gasteiger partial charge in [0.05, 0.1) is 0 Å². The minimum Gasteiger partial charge on any atom is -0.0909 e. The molecule has 0 heterocycles. The predicted molar refractivity (Wildman–Crippen MR) is 72.1 cm³/mol. The molecule has 2 atom stereocenters. The third-order valence-electron chi connectivity index (χ3n) is 2.51. The second-order valence-corrected chi connectivity index (χ2v) is 3.96. The molecule has 0 radical (unpaired) electrons. The van der Waals surface area contributed by atoms with Gasteiger partial charge in [-0.05, 0) is 47.8 Å². The zero-order chi connectivity index (χ0) is 15.2. The first-order valence-corrected chi connectivity index (χ1v) is 5.84. The number of hydrogen-bond acceptors (Lipinski definition) is 4. The Balaban J connectivity index is 4.46. The molecule has 0 amide bonds. The summed E-state index contributed by atoms with van der Waals surface area (Å²) in [4.78, 5) is 10.6. The molecule has 20 heavy (non-hydrogen) atoms. The van der Waals surface area contributed by atoms with Crippen LogP contribution in [0.2, 0.25) is 0 Å². The summed E-state index contributed by atoms with van der Waals surface area (Å²) in [6, 6.07) is -0.525. The maximum absolute atomic E-state index is 8.49. The van der Waals surface area contributed by atoms with E-state index in [-0.39, 0.29) is 18.5 Å². The molecule has 0 aliphatic heterocycles. The highest BCUT2D eigenvalue weighted by atomic mass is 15.3. The van der Waals surface area contributed by atoms with Crippen LogP contribution in [0.15, 0.2) is 20.5 Å². The van der Waals surface area contributed by atoms with Gasteiger partial charge < -0.3 is 0 Å². The van der Waals surface area contributed by atoms with Crippen LogP contribution in [0.3, 0.4) is 0 Å². The first-order chi connectivity index (χ1) is 9.67. The summed E-state index contributed by atoms with van der Waals surface area (Å²) < 4.78 is 0. The normalized spacial score (nSPS) is 13.4. The highest BCUT2D eigenvalue weighted by molar-refractivity contribution is 4.75. The zero-order valence-electron chi connectivity index (χ0n) is 10.9. The first kappa shape index (κ1) is 17.2. The highest BCUT2D eigenvalue weighted by Gasteiger charge is 2.12. The van der Waals surface area contributed by atoms with Gasteiger partial charge in [-0.25, -0.2) is 0 Å². The van der Waals surface area contributed by atoms with E-state index < -0.39 is 6.17 Å². The molecular formula is C8H14N12. The van der Waals surface area contributed by atoms with E-state index in [2.05, 4.69) is 40.1 Å². The maximum Gasteiger partial charge on any atom is 0.116 e. The van der Waals surface area contributed by atoms with Crippen LogP contribution >= 0.6 is 0 Å². The summed E-state index contributed by atoms with van der Waals surface area (Å²) in [6.45, 7) is 1.76. The predicted octanol–water partition coefficient (Wildman–Crippen LogP) is 4.87. The first-order valence-electron chi connectivity index (χ1n) is 5.84. The Morgan fingerprint density at radius 1 is 0.700 bits per heavy atom. The topological polar surface area (TPSA) is 195 Å². The van der Waals surface area contributed by atoms with Crippen LogP contribution in [0.5, 0.6) is 0 Å². The fourth-order valence-electron chi connectivity index (χ4n) is 1.51. The molecule has 0 bridgehead atoms. The lowest BCUT2D eigenvalue weighted by molar-refractivity contribution is 0.472. The second-order valence-electron chi connectivity index (χ2n) is 3.96. The lowest BCUT2D eigenvalue weighted by atomic mass is 10.0. The van der Waals surface area contributed by atoms with Crippen molar-refractivity contribution in [2.24, 2.45) is 20.5 Å². The molecule has 0 aliphatic rings. The van der Waals surface area contributed by atoms with Gasteiger partial charge in [-0.3, -0.25) is 0 Å². The fourth-order valence-corrected chi connectivity index (χ4v) is 1.51. The summed E-state index contributed by atoms with van der Waals surface area (Å²) in [5.74, 6) is 0. The van der Waals surface area contributed by atoms with Crippen LogP contribution in [0.25, 0.3) is 41.8 Å². The third-order valence-corrected chi connectivity index (χ3v) is 2.51. The summed E-state index contributed by atoms with van der Waals surface area (Å²) >= 11 is 0. The molecule has 0 N–H and O–H groups in total. The monoisotopic (exact) mass is 278 g/mol. The van der Waals surface area contributed by atoms with Crippen LogP contribution in [-0.4, -0.2) is 18.2 Å². The van der Waals surface area contributed by atoms with E-state index in [1.54, 1.807) is 6.92 Å². The van der Waals surface area contributed by atoms with Crippen molar-refractivity contribution in [1.29, 1.82) is 0 Å². The molecule has 0 saturated heterocycles. The maximum atomic E-state index is 8.49. The third kappa shape index (κ3) is 8.35. The molecular weight excluding hydrogens is 264 g/mol. The standard InChI is InChI=1S/C8H14N12/c1-6(13-17-9)2-3-7(14-18-10)4-5-8(15-19-11)16-20-12/h6-8H,2-5H2,1H3. The Morgan fingerprint density at radius 3 is 1.70 bits per heavy atom. The average Bonchev–Trinajstić information content (AvgIpc) is 2.42. The Kier molecular flexibility index (Phi) is 9.77.